The topological polar surface area (TPSA) is 104 Å². The van der Waals surface area contributed by atoms with Crippen molar-refractivity contribution in [3.8, 4) is 5.75 Å². The van der Waals surface area contributed by atoms with E-state index >= 15 is 0 Å². The Kier molecular flexibility index (Phi) is 2.55. The summed E-state index contributed by atoms with van der Waals surface area (Å²) in [4.78, 5) is 10.6. The maximum absolute atomic E-state index is 10.6. The number of hydrogen-bond donors (Lipinski definition) is 4. The fraction of sp³-hybridized carbons (Fsp3) is 0. The molecule has 0 saturated carbocycles. The van der Waals surface area contributed by atoms with E-state index in [1.54, 1.807) is 0 Å². The second kappa shape index (κ2) is 3.46. The number of carbonyl (C=O) groups excluding carboxylic acids is 1. The summed E-state index contributed by atoms with van der Waals surface area (Å²) in [5.41, 5.74) is 4.98. The van der Waals surface area contributed by atoms with Gasteiger partial charge in [-0.25, -0.2) is 0 Å². The summed E-state index contributed by atoms with van der Waals surface area (Å²) in [5.74, 6) is -1.06. The van der Waals surface area contributed by atoms with Crippen molar-refractivity contribution >= 4 is 18.5 Å². The number of phenolic OH excluding ortho intramolecular Hbond substituents is 1. The van der Waals surface area contributed by atoms with E-state index in [9.17, 15) is 9.90 Å². The van der Waals surface area contributed by atoms with Gasteiger partial charge < -0.3 is 20.9 Å². The zero-order valence-electron chi connectivity index (χ0n) is 6.64. The van der Waals surface area contributed by atoms with Crippen molar-refractivity contribution in [2.24, 2.45) is 5.73 Å². The number of hydrogen-bond acceptors (Lipinski definition) is 4. The van der Waals surface area contributed by atoms with Crippen LogP contribution in [-0.2, 0) is 0 Å². The molecule has 0 aliphatic heterocycles. The van der Waals surface area contributed by atoms with Crippen molar-refractivity contribution in [3.63, 3.8) is 0 Å². The van der Waals surface area contributed by atoms with Crippen LogP contribution in [0.5, 0.6) is 5.75 Å². The molecule has 1 aromatic carbocycles. The van der Waals surface area contributed by atoms with Gasteiger partial charge in [0.25, 0.3) is 0 Å². The summed E-state index contributed by atoms with van der Waals surface area (Å²) in [6.07, 6.45) is 0. The lowest BCUT2D eigenvalue weighted by Crippen LogP contribution is -2.30. The summed E-state index contributed by atoms with van der Waals surface area (Å²) in [7, 11) is -1.76. The summed E-state index contributed by atoms with van der Waals surface area (Å²) in [6, 6.07) is 3.61. The largest absolute Gasteiger partial charge is 0.508 e. The maximum Gasteiger partial charge on any atom is 0.492 e. The second-order valence-electron chi connectivity index (χ2n) is 2.51. The minimum Gasteiger partial charge on any atom is -0.508 e. The number of phenols is 1. The second-order valence-corrected chi connectivity index (χ2v) is 2.51. The van der Waals surface area contributed by atoms with E-state index in [1.807, 2.05) is 0 Å². The standard InChI is InChI=1S/C7H8BNO4/c9-7(11)4-1-2-5(8(12)13)6(10)3-4/h1-3,10,12-13H,(H2,9,11). The SMILES string of the molecule is NC(=O)c1ccc(B(O)O)c(O)c1. The van der Waals surface area contributed by atoms with Crippen LogP contribution in [0.4, 0.5) is 0 Å². The summed E-state index contributed by atoms with van der Waals surface area (Å²) >= 11 is 0. The van der Waals surface area contributed by atoms with Crippen LogP contribution in [0.1, 0.15) is 10.4 Å². The molecule has 13 heavy (non-hydrogen) atoms. The number of rotatable bonds is 2. The average Bonchev–Trinajstić information content (AvgIpc) is 2.03. The smallest absolute Gasteiger partial charge is 0.492 e. The van der Waals surface area contributed by atoms with Gasteiger partial charge in [0.05, 0.1) is 0 Å². The molecule has 5 nitrogen and oxygen atoms in total. The van der Waals surface area contributed by atoms with Gasteiger partial charge >= 0.3 is 7.12 Å². The molecule has 5 N–H and O–H groups in total. The van der Waals surface area contributed by atoms with E-state index in [4.69, 9.17) is 15.8 Å². The van der Waals surface area contributed by atoms with Crippen molar-refractivity contribution in [3.05, 3.63) is 23.8 Å². The minimum absolute atomic E-state index is 0.0648. The molecular formula is C7H8BNO4. The van der Waals surface area contributed by atoms with Crippen molar-refractivity contribution in [2.75, 3.05) is 0 Å². The van der Waals surface area contributed by atoms with Gasteiger partial charge in [-0.2, -0.15) is 0 Å². The molecule has 0 heterocycles. The van der Waals surface area contributed by atoms with Crippen molar-refractivity contribution < 1.29 is 19.9 Å². The van der Waals surface area contributed by atoms with Crippen LogP contribution in [0, 0.1) is 0 Å². The Balaban J connectivity index is 3.13. The van der Waals surface area contributed by atoms with Crippen LogP contribution in [0.25, 0.3) is 0 Å². The van der Waals surface area contributed by atoms with Crippen LogP contribution in [0.15, 0.2) is 18.2 Å². The summed E-state index contributed by atoms with van der Waals surface area (Å²) < 4.78 is 0. The zero-order chi connectivity index (χ0) is 10.0. The molecule has 1 rings (SSSR count). The number of benzene rings is 1. The van der Waals surface area contributed by atoms with Gasteiger partial charge in [-0.15, -0.1) is 0 Å². The van der Waals surface area contributed by atoms with E-state index in [0.717, 1.165) is 6.07 Å². The Morgan fingerprint density at radius 3 is 2.38 bits per heavy atom. The first-order chi connectivity index (χ1) is 6.02. The zero-order valence-corrected chi connectivity index (χ0v) is 6.64. The molecule has 0 aliphatic rings. The molecule has 0 spiro atoms. The molecule has 0 fully saturated rings. The third kappa shape index (κ3) is 1.98. The summed E-state index contributed by atoms with van der Waals surface area (Å²) in [5, 5.41) is 26.6. The van der Waals surface area contributed by atoms with Crippen molar-refractivity contribution in [2.45, 2.75) is 0 Å². The summed E-state index contributed by atoms with van der Waals surface area (Å²) in [6.45, 7) is 0. The van der Waals surface area contributed by atoms with Gasteiger partial charge in [-0.1, -0.05) is 6.07 Å². The number of nitrogens with two attached hydrogens (primary N) is 1. The fourth-order valence-corrected chi connectivity index (χ4v) is 0.915. The molecular weight excluding hydrogens is 173 g/mol. The number of primary amides is 1. The van der Waals surface area contributed by atoms with Crippen LogP contribution in [0.3, 0.4) is 0 Å². The highest BCUT2D eigenvalue weighted by atomic mass is 16.4. The van der Waals surface area contributed by atoms with Gasteiger partial charge in [0, 0.05) is 11.0 Å². The van der Waals surface area contributed by atoms with Crippen LogP contribution < -0.4 is 11.2 Å². The molecule has 0 unspecified atom stereocenters. The predicted molar refractivity (Wildman–Crippen MR) is 46.5 cm³/mol. The third-order valence-corrected chi connectivity index (χ3v) is 1.59. The lowest BCUT2D eigenvalue weighted by molar-refractivity contribution is 0.1000. The van der Waals surface area contributed by atoms with Gasteiger partial charge in [-0.3, -0.25) is 4.79 Å². The minimum atomic E-state index is -1.76. The first-order valence-electron chi connectivity index (χ1n) is 3.51. The quantitative estimate of drug-likeness (QED) is 0.403. The van der Waals surface area contributed by atoms with E-state index in [2.05, 4.69) is 0 Å². The first-order valence-corrected chi connectivity index (χ1v) is 3.51. The Bertz CT molecular complexity index is 339. The Morgan fingerprint density at radius 1 is 1.38 bits per heavy atom. The van der Waals surface area contributed by atoms with Crippen LogP contribution in [-0.4, -0.2) is 28.2 Å². The lowest BCUT2D eigenvalue weighted by Gasteiger charge is -2.03. The average molecular weight is 181 g/mol. The Hall–Kier alpha value is -1.53. The van der Waals surface area contributed by atoms with E-state index in [-0.39, 0.29) is 16.8 Å². The number of amides is 1. The highest BCUT2D eigenvalue weighted by molar-refractivity contribution is 6.59. The van der Waals surface area contributed by atoms with Crippen LogP contribution >= 0.6 is 0 Å². The molecule has 68 valence electrons. The molecule has 1 amide bonds. The molecule has 0 radical (unpaired) electrons. The molecule has 1 aromatic rings. The predicted octanol–water partition coefficient (Wildman–Crippen LogP) is -1.83. The van der Waals surface area contributed by atoms with Gasteiger partial charge in [0.1, 0.15) is 5.75 Å². The third-order valence-electron chi connectivity index (χ3n) is 1.59. The maximum atomic E-state index is 10.6. The normalized spacial score (nSPS) is 9.69. The first kappa shape index (κ1) is 9.56. The highest BCUT2D eigenvalue weighted by Crippen LogP contribution is 2.08. The monoisotopic (exact) mass is 181 g/mol. The number of aromatic hydroxyl groups is 1. The van der Waals surface area contributed by atoms with E-state index in [1.165, 1.54) is 12.1 Å². The van der Waals surface area contributed by atoms with Gasteiger partial charge in [0.15, 0.2) is 0 Å². The number of carbonyl (C=O) groups is 1. The van der Waals surface area contributed by atoms with E-state index < -0.39 is 13.0 Å². The van der Waals surface area contributed by atoms with Gasteiger partial charge in [-0.05, 0) is 12.1 Å². The Labute approximate surface area is 74.6 Å². The molecule has 0 saturated heterocycles. The van der Waals surface area contributed by atoms with Crippen molar-refractivity contribution in [1.82, 2.24) is 0 Å². The Morgan fingerprint density at radius 2 is 2.00 bits per heavy atom. The van der Waals surface area contributed by atoms with Crippen molar-refractivity contribution in [1.29, 1.82) is 0 Å². The molecule has 0 aromatic heterocycles. The van der Waals surface area contributed by atoms with Gasteiger partial charge in [0.2, 0.25) is 5.91 Å². The van der Waals surface area contributed by atoms with Crippen LogP contribution in [0.2, 0.25) is 0 Å². The molecule has 0 aliphatic carbocycles. The molecule has 6 heteroatoms. The molecule has 0 atom stereocenters. The van der Waals surface area contributed by atoms with E-state index in [0.29, 0.717) is 0 Å². The lowest BCUT2D eigenvalue weighted by atomic mass is 9.79. The fourth-order valence-electron chi connectivity index (χ4n) is 0.915. The molecule has 0 bridgehead atoms. The highest BCUT2D eigenvalue weighted by Gasteiger charge is 2.16.